The normalized spacial score (nSPS) is 26.1. The molecule has 0 spiro atoms. The van der Waals surface area contributed by atoms with Gasteiger partial charge in [-0.1, -0.05) is 23.8 Å². The van der Waals surface area contributed by atoms with E-state index in [0.717, 1.165) is 25.7 Å². The number of aromatic nitrogens is 2. The van der Waals surface area contributed by atoms with Crippen molar-refractivity contribution < 1.29 is 4.79 Å². The fourth-order valence-electron chi connectivity index (χ4n) is 2.02. The number of nitrogens with one attached hydrogen (secondary N) is 1. The van der Waals surface area contributed by atoms with Crippen LogP contribution in [-0.4, -0.2) is 27.6 Å². The molecule has 88 valence electrons. The SMILES string of the molecule is NC1CCCCCC1NC(=O)c1csnn1. The van der Waals surface area contributed by atoms with E-state index in [2.05, 4.69) is 14.9 Å². The molecule has 1 aromatic heterocycles. The highest BCUT2D eigenvalue weighted by molar-refractivity contribution is 7.03. The third-order valence-electron chi connectivity index (χ3n) is 2.98. The molecule has 0 aliphatic heterocycles. The van der Waals surface area contributed by atoms with Gasteiger partial charge in [-0.25, -0.2) is 0 Å². The average Bonchev–Trinajstić information content (AvgIpc) is 2.73. The molecule has 2 atom stereocenters. The summed E-state index contributed by atoms with van der Waals surface area (Å²) in [6, 6.07) is 0.148. The van der Waals surface area contributed by atoms with Crippen molar-refractivity contribution in [2.24, 2.45) is 5.73 Å². The first-order chi connectivity index (χ1) is 7.77. The maximum Gasteiger partial charge on any atom is 0.273 e. The highest BCUT2D eigenvalue weighted by Crippen LogP contribution is 2.17. The van der Waals surface area contributed by atoms with Crippen molar-refractivity contribution in [2.45, 2.75) is 44.2 Å². The quantitative estimate of drug-likeness (QED) is 0.753. The van der Waals surface area contributed by atoms with Crippen molar-refractivity contribution in [1.82, 2.24) is 14.9 Å². The van der Waals surface area contributed by atoms with Crippen molar-refractivity contribution in [3.05, 3.63) is 11.1 Å². The lowest BCUT2D eigenvalue weighted by Crippen LogP contribution is -2.47. The van der Waals surface area contributed by atoms with Gasteiger partial charge in [0.25, 0.3) is 5.91 Å². The van der Waals surface area contributed by atoms with E-state index in [4.69, 9.17) is 5.73 Å². The molecule has 1 fully saturated rings. The molecular formula is C10H16N4OS. The zero-order valence-electron chi connectivity index (χ0n) is 9.06. The molecule has 5 nitrogen and oxygen atoms in total. The van der Waals surface area contributed by atoms with Gasteiger partial charge < -0.3 is 11.1 Å². The Hall–Kier alpha value is -1.01. The maximum atomic E-state index is 11.8. The van der Waals surface area contributed by atoms with Crippen LogP contribution in [0.25, 0.3) is 0 Å². The van der Waals surface area contributed by atoms with Gasteiger partial charge in [0.15, 0.2) is 5.69 Å². The number of amides is 1. The summed E-state index contributed by atoms with van der Waals surface area (Å²) in [4.78, 5) is 11.8. The summed E-state index contributed by atoms with van der Waals surface area (Å²) in [5.74, 6) is -0.156. The molecule has 0 aromatic carbocycles. The molecular weight excluding hydrogens is 224 g/mol. The number of hydrogen-bond donors (Lipinski definition) is 2. The van der Waals surface area contributed by atoms with Crippen molar-refractivity contribution in [3.63, 3.8) is 0 Å². The van der Waals surface area contributed by atoms with E-state index in [9.17, 15) is 4.79 Å². The van der Waals surface area contributed by atoms with Gasteiger partial charge in [0.05, 0.1) is 0 Å². The van der Waals surface area contributed by atoms with E-state index >= 15 is 0 Å². The van der Waals surface area contributed by atoms with Crippen LogP contribution in [0.3, 0.4) is 0 Å². The number of rotatable bonds is 2. The second-order valence-corrected chi connectivity index (χ2v) is 4.78. The second kappa shape index (κ2) is 5.36. The van der Waals surface area contributed by atoms with Gasteiger partial charge in [-0.05, 0) is 24.4 Å². The molecule has 16 heavy (non-hydrogen) atoms. The van der Waals surface area contributed by atoms with Crippen LogP contribution in [0, 0.1) is 0 Å². The monoisotopic (exact) mass is 240 g/mol. The Balaban J connectivity index is 1.95. The van der Waals surface area contributed by atoms with Crippen molar-refractivity contribution in [2.75, 3.05) is 0 Å². The lowest BCUT2D eigenvalue weighted by molar-refractivity contribution is 0.0923. The Bertz CT molecular complexity index is 341. The summed E-state index contributed by atoms with van der Waals surface area (Å²) in [6.07, 6.45) is 5.45. The minimum Gasteiger partial charge on any atom is -0.346 e. The Kier molecular flexibility index (Phi) is 3.84. The van der Waals surface area contributed by atoms with Gasteiger partial charge in [0.1, 0.15) is 0 Å². The molecule has 2 unspecified atom stereocenters. The summed E-state index contributed by atoms with van der Waals surface area (Å²) in [5, 5.41) is 8.35. The Labute approximate surface area is 98.6 Å². The van der Waals surface area contributed by atoms with Crippen molar-refractivity contribution in [1.29, 1.82) is 0 Å². The smallest absolute Gasteiger partial charge is 0.273 e. The first-order valence-corrected chi connectivity index (χ1v) is 6.44. The lowest BCUT2D eigenvalue weighted by atomic mass is 10.0. The summed E-state index contributed by atoms with van der Waals surface area (Å²) >= 11 is 1.18. The van der Waals surface area contributed by atoms with E-state index in [1.807, 2.05) is 0 Å². The fraction of sp³-hybridized carbons (Fsp3) is 0.700. The summed E-state index contributed by atoms with van der Waals surface area (Å²) in [6.45, 7) is 0. The highest BCUT2D eigenvalue weighted by atomic mass is 32.1. The van der Waals surface area contributed by atoms with E-state index in [1.54, 1.807) is 5.38 Å². The number of carbonyl (C=O) groups excluding carboxylic acids is 1. The van der Waals surface area contributed by atoms with Gasteiger partial charge in [0, 0.05) is 17.5 Å². The zero-order chi connectivity index (χ0) is 11.4. The Morgan fingerprint density at radius 3 is 3.00 bits per heavy atom. The number of nitrogens with zero attached hydrogens (tertiary/aromatic N) is 2. The highest BCUT2D eigenvalue weighted by Gasteiger charge is 2.23. The van der Waals surface area contributed by atoms with E-state index < -0.39 is 0 Å². The number of hydrogen-bond acceptors (Lipinski definition) is 5. The van der Waals surface area contributed by atoms with Gasteiger partial charge in [-0.3, -0.25) is 4.79 Å². The maximum absolute atomic E-state index is 11.8. The average molecular weight is 240 g/mol. The third-order valence-corrected chi connectivity index (χ3v) is 3.48. The van der Waals surface area contributed by atoms with Crippen LogP contribution in [0.1, 0.15) is 42.6 Å². The summed E-state index contributed by atoms with van der Waals surface area (Å²) in [5.41, 5.74) is 6.42. The van der Waals surface area contributed by atoms with Gasteiger partial charge in [-0.15, -0.1) is 5.10 Å². The molecule has 0 radical (unpaired) electrons. The van der Waals surface area contributed by atoms with Gasteiger partial charge in [0.2, 0.25) is 0 Å². The van der Waals surface area contributed by atoms with E-state index in [0.29, 0.717) is 5.69 Å². The molecule has 3 N–H and O–H groups in total. The molecule has 1 aromatic rings. The van der Waals surface area contributed by atoms with Crippen LogP contribution in [0.4, 0.5) is 0 Å². The standard InChI is InChI=1S/C10H16N4OS/c11-7-4-2-1-3-5-8(7)12-10(15)9-6-16-14-13-9/h6-8H,1-5,11H2,(H,12,15). The second-order valence-electron chi connectivity index (χ2n) is 4.17. The van der Waals surface area contributed by atoms with E-state index in [-0.39, 0.29) is 18.0 Å². The fourth-order valence-corrected chi connectivity index (χ4v) is 2.46. The number of carbonyl (C=O) groups is 1. The molecule has 1 aliphatic carbocycles. The van der Waals surface area contributed by atoms with E-state index in [1.165, 1.54) is 18.0 Å². The van der Waals surface area contributed by atoms with Crippen LogP contribution >= 0.6 is 11.5 Å². The van der Waals surface area contributed by atoms with Crippen molar-refractivity contribution in [3.8, 4) is 0 Å². The molecule has 1 heterocycles. The minimum atomic E-state index is -0.156. The van der Waals surface area contributed by atoms with Crippen molar-refractivity contribution >= 4 is 17.4 Å². The van der Waals surface area contributed by atoms with Crippen LogP contribution < -0.4 is 11.1 Å². The third kappa shape index (κ3) is 2.76. The molecule has 0 saturated heterocycles. The molecule has 1 amide bonds. The van der Waals surface area contributed by atoms with Crippen LogP contribution in [-0.2, 0) is 0 Å². The Morgan fingerprint density at radius 1 is 1.44 bits per heavy atom. The minimum absolute atomic E-state index is 0.0676. The largest absolute Gasteiger partial charge is 0.346 e. The predicted octanol–water partition coefficient (Wildman–Crippen LogP) is 0.928. The topological polar surface area (TPSA) is 80.9 Å². The Morgan fingerprint density at radius 2 is 2.25 bits per heavy atom. The first-order valence-electron chi connectivity index (χ1n) is 5.61. The molecule has 1 saturated carbocycles. The number of nitrogens with two attached hydrogens (primary N) is 1. The molecule has 2 rings (SSSR count). The first kappa shape index (κ1) is 11.5. The van der Waals surface area contributed by atoms with Crippen LogP contribution in [0.15, 0.2) is 5.38 Å². The zero-order valence-corrected chi connectivity index (χ0v) is 9.87. The van der Waals surface area contributed by atoms with Gasteiger partial charge >= 0.3 is 0 Å². The molecule has 1 aliphatic rings. The predicted molar refractivity (Wildman–Crippen MR) is 62.2 cm³/mol. The van der Waals surface area contributed by atoms with Gasteiger partial charge in [-0.2, -0.15) is 0 Å². The molecule has 6 heteroatoms. The summed E-state index contributed by atoms with van der Waals surface area (Å²) in [7, 11) is 0. The lowest BCUT2D eigenvalue weighted by Gasteiger charge is -2.21. The van der Waals surface area contributed by atoms with Crippen LogP contribution in [0.2, 0.25) is 0 Å². The summed E-state index contributed by atoms with van der Waals surface area (Å²) < 4.78 is 3.67. The van der Waals surface area contributed by atoms with Crippen LogP contribution in [0.5, 0.6) is 0 Å². The molecule has 0 bridgehead atoms.